The number of rotatable bonds is 6. The van der Waals surface area contributed by atoms with Gasteiger partial charge in [-0.25, -0.2) is 9.97 Å². The van der Waals surface area contributed by atoms with Crippen molar-refractivity contribution in [3.63, 3.8) is 0 Å². The number of hydrogen-bond acceptors (Lipinski definition) is 5. The monoisotopic (exact) mass is 316 g/mol. The summed E-state index contributed by atoms with van der Waals surface area (Å²) in [6.45, 7) is 4.18. The SMILES string of the molecule is CCC(C(=O)OCc1ccccc1)c1nc(SC)ncc1C. The number of aromatic nitrogens is 2. The molecule has 0 aliphatic carbocycles. The number of benzene rings is 1. The van der Waals surface area contributed by atoms with E-state index in [1.807, 2.05) is 50.4 Å². The van der Waals surface area contributed by atoms with E-state index in [2.05, 4.69) is 9.97 Å². The minimum atomic E-state index is -0.349. The Labute approximate surface area is 135 Å². The molecule has 1 aromatic carbocycles. The van der Waals surface area contributed by atoms with Crippen LogP contribution in [-0.2, 0) is 16.1 Å². The molecule has 4 nitrogen and oxygen atoms in total. The molecule has 0 bridgehead atoms. The summed E-state index contributed by atoms with van der Waals surface area (Å²) < 4.78 is 5.46. The van der Waals surface area contributed by atoms with Crippen LogP contribution in [0.1, 0.15) is 36.1 Å². The van der Waals surface area contributed by atoms with Gasteiger partial charge in [-0.15, -0.1) is 0 Å². The molecule has 1 aromatic heterocycles. The second kappa shape index (κ2) is 7.94. The fourth-order valence-corrected chi connectivity index (χ4v) is 2.54. The summed E-state index contributed by atoms with van der Waals surface area (Å²) in [5, 5.41) is 0.676. The van der Waals surface area contributed by atoms with Gasteiger partial charge in [0.05, 0.1) is 11.6 Å². The normalized spacial score (nSPS) is 12.0. The number of ether oxygens (including phenoxy) is 1. The molecule has 0 fully saturated rings. The maximum atomic E-state index is 12.4. The zero-order valence-corrected chi connectivity index (χ0v) is 13.9. The molecule has 5 heteroatoms. The fraction of sp³-hybridized carbons (Fsp3) is 0.353. The Balaban J connectivity index is 2.12. The van der Waals surface area contributed by atoms with E-state index in [0.29, 0.717) is 11.6 Å². The molecule has 0 amide bonds. The predicted octanol–water partition coefficient (Wildman–Crippen LogP) is 3.74. The molecule has 2 aromatic rings. The molecule has 0 saturated heterocycles. The summed E-state index contributed by atoms with van der Waals surface area (Å²) >= 11 is 1.47. The van der Waals surface area contributed by atoms with Crippen LogP contribution in [0.15, 0.2) is 41.7 Å². The van der Waals surface area contributed by atoms with Gasteiger partial charge < -0.3 is 4.74 Å². The van der Waals surface area contributed by atoms with Crippen LogP contribution >= 0.6 is 11.8 Å². The van der Waals surface area contributed by atoms with E-state index in [9.17, 15) is 4.79 Å². The van der Waals surface area contributed by atoms with E-state index in [1.165, 1.54) is 11.8 Å². The largest absolute Gasteiger partial charge is 0.460 e. The van der Waals surface area contributed by atoms with Crippen molar-refractivity contribution in [2.45, 2.75) is 37.9 Å². The summed E-state index contributed by atoms with van der Waals surface area (Å²) in [6.07, 6.45) is 4.34. The lowest BCUT2D eigenvalue weighted by Crippen LogP contribution is -2.18. The van der Waals surface area contributed by atoms with Crippen molar-refractivity contribution in [3.8, 4) is 0 Å². The van der Waals surface area contributed by atoms with E-state index >= 15 is 0 Å². The maximum absolute atomic E-state index is 12.4. The lowest BCUT2D eigenvalue weighted by molar-refractivity contribution is -0.147. The van der Waals surface area contributed by atoms with Gasteiger partial charge in [-0.3, -0.25) is 4.79 Å². The first-order valence-electron chi connectivity index (χ1n) is 7.23. The van der Waals surface area contributed by atoms with E-state index in [1.54, 1.807) is 6.20 Å². The van der Waals surface area contributed by atoms with Crippen molar-refractivity contribution in [2.24, 2.45) is 0 Å². The second-order valence-electron chi connectivity index (χ2n) is 4.98. The third-order valence-corrected chi connectivity index (χ3v) is 3.98. The summed E-state index contributed by atoms with van der Waals surface area (Å²) in [4.78, 5) is 21.1. The molecule has 1 unspecified atom stereocenters. The Morgan fingerprint density at radius 3 is 2.68 bits per heavy atom. The standard InChI is InChI=1S/C17H20N2O2S/c1-4-14(15-12(2)10-18-17(19-15)22-3)16(20)21-11-13-8-6-5-7-9-13/h5-10,14H,4,11H2,1-3H3. The summed E-state index contributed by atoms with van der Waals surface area (Å²) in [6, 6.07) is 9.68. The molecule has 0 aliphatic rings. The first-order valence-corrected chi connectivity index (χ1v) is 8.46. The van der Waals surface area contributed by atoms with Gasteiger partial charge in [-0.2, -0.15) is 0 Å². The first kappa shape index (κ1) is 16.5. The Bertz CT molecular complexity index is 632. The van der Waals surface area contributed by atoms with Crippen LogP contribution in [0.4, 0.5) is 0 Å². The second-order valence-corrected chi connectivity index (χ2v) is 5.75. The number of esters is 1. The average molecular weight is 316 g/mol. The molecule has 1 heterocycles. The summed E-state index contributed by atoms with van der Waals surface area (Å²) in [5.41, 5.74) is 2.66. The number of aryl methyl sites for hydroxylation is 1. The van der Waals surface area contributed by atoms with E-state index in [-0.39, 0.29) is 18.5 Å². The van der Waals surface area contributed by atoms with Gasteiger partial charge in [0.1, 0.15) is 6.61 Å². The Morgan fingerprint density at radius 1 is 1.32 bits per heavy atom. The van der Waals surface area contributed by atoms with Gasteiger partial charge in [0.2, 0.25) is 0 Å². The molecule has 1 atom stereocenters. The van der Waals surface area contributed by atoms with Crippen LogP contribution < -0.4 is 0 Å². The zero-order chi connectivity index (χ0) is 15.9. The highest BCUT2D eigenvalue weighted by atomic mass is 32.2. The highest BCUT2D eigenvalue weighted by molar-refractivity contribution is 7.98. The summed E-state index contributed by atoms with van der Waals surface area (Å²) in [7, 11) is 0. The molecule has 22 heavy (non-hydrogen) atoms. The van der Waals surface area contributed by atoms with E-state index in [4.69, 9.17) is 4.74 Å². The van der Waals surface area contributed by atoms with Crippen LogP contribution in [0.3, 0.4) is 0 Å². The average Bonchev–Trinajstić information content (AvgIpc) is 2.56. The predicted molar refractivity (Wildman–Crippen MR) is 87.8 cm³/mol. The van der Waals surface area contributed by atoms with Crippen LogP contribution in [0, 0.1) is 6.92 Å². The number of thioether (sulfide) groups is 1. The van der Waals surface area contributed by atoms with Gasteiger partial charge in [-0.05, 0) is 30.7 Å². The number of carbonyl (C=O) groups excluding carboxylic acids is 1. The Kier molecular flexibility index (Phi) is 5.95. The molecule has 116 valence electrons. The zero-order valence-electron chi connectivity index (χ0n) is 13.1. The van der Waals surface area contributed by atoms with Gasteiger partial charge in [-0.1, -0.05) is 49.0 Å². The fourth-order valence-electron chi connectivity index (χ4n) is 2.19. The first-order chi connectivity index (χ1) is 10.7. The molecular formula is C17H20N2O2S. The van der Waals surface area contributed by atoms with Gasteiger partial charge in [0.25, 0.3) is 0 Å². The highest BCUT2D eigenvalue weighted by Crippen LogP contribution is 2.24. The van der Waals surface area contributed by atoms with Crippen molar-refractivity contribution in [1.82, 2.24) is 9.97 Å². The van der Waals surface area contributed by atoms with Gasteiger partial charge in [0, 0.05) is 6.20 Å². The van der Waals surface area contributed by atoms with Crippen molar-refractivity contribution in [2.75, 3.05) is 6.26 Å². The lowest BCUT2D eigenvalue weighted by atomic mass is 9.99. The van der Waals surface area contributed by atoms with Crippen molar-refractivity contribution in [1.29, 1.82) is 0 Å². The number of nitrogens with zero attached hydrogens (tertiary/aromatic N) is 2. The molecular weight excluding hydrogens is 296 g/mol. The van der Waals surface area contributed by atoms with Crippen LogP contribution in [0.2, 0.25) is 0 Å². The molecule has 0 saturated carbocycles. The van der Waals surface area contributed by atoms with Crippen LogP contribution in [-0.4, -0.2) is 22.2 Å². The molecule has 2 rings (SSSR count). The maximum Gasteiger partial charge on any atom is 0.315 e. The van der Waals surface area contributed by atoms with E-state index < -0.39 is 0 Å². The number of carbonyl (C=O) groups is 1. The third-order valence-electron chi connectivity index (χ3n) is 3.42. The summed E-state index contributed by atoms with van der Waals surface area (Å²) in [5.74, 6) is -0.585. The molecule has 0 radical (unpaired) electrons. The minimum Gasteiger partial charge on any atom is -0.460 e. The van der Waals surface area contributed by atoms with Crippen molar-refractivity contribution < 1.29 is 9.53 Å². The van der Waals surface area contributed by atoms with Crippen LogP contribution in [0.5, 0.6) is 0 Å². The topological polar surface area (TPSA) is 52.1 Å². The minimum absolute atomic E-state index is 0.236. The molecule has 0 N–H and O–H groups in total. The molecule has 0 aliphatic heterocycles. The lowest BCUT2D eigenvalue weighted by Gasteiger charge is -2.16. The Hall–Kier alpha value is -1.88. The van der Waals surface area contributed by atoms with Crippen LogP contribution in [0.25, 0.3) is 0 Å². The highest BCUT2D eigenvalue weighted by Gasteiger charge is 2.24. The van der Waals surface area contributed by atoms with Gasteiger partial charge in [0.15, 0.2) is 5.16 Å². The van der Waals surface area contributed by atoms with Crippen molar-refractivity contribution >= 4 is 17.7 Å². The third kappa shape index (κ3) is 4.07. The van der Waals surface area contributed by atoms with E-state index in [0.717, 1.165) is 16.8 Å². The quantitative estimate of drug-likeness (QED) is 0.461. The van der Waals surface area contributed by atoms with Crippen molar-refractivity contribution in [3.05, 3.63) is 53.3 Å². The Morgan fingerprint density at radius 2 is 2.05 bits per heavy atom. The number of hydrogen-bond donors (Lipinski definition) is 0. The molecule has 0 spiro atoms. The van der Waals surface area contributed by atoms with Gasteiger partial charge >= 0.3 is 5.97 Å². The smallest absolute Gasteiger partial charge is 0.315 e.